The minimum Gasteiger partial charge on any atom is -0.489 e. The summed E-state index contributed by atoms with van der Waals surface area (Å²) in [4.78, 5) is 27.5. The van der Waals surface area contributed by atoms with Crippen LogP contribution in [-0.4, -0.2) is 36.1 Å². The van der Waals surface area contributed by atoms with Gasteiger partial charge < -0.3 is 20.5 Å². The van der Waals surface area contributed by atoms with Crippen LogP contribution in [0, 0.1) is 56.7 Å². The number of rotatable bonds is 8. The van der Waals surface area contributed by atoms with E-state index < -0.39 is 5.41 Å². The highest BCUT2D eigenvalue weighted by molar-refractivity contribution is 5.94. The lowest BCUT2D eigenvalue weighted by Gasteiger charge is -2.71. The summed E-state index contributed by atoms with van der Waals surface area (Å²) in [5, 5.41) is 17.4. The number of aliphatic hydroxyl groups is 1. The van der Waals surface area contributed by atoms with Crippen molar-refractivity contribution in [1.29, 1.82) is 0 Å². The zero-order valence-corrected chi connectivity index (χ0v) is 32.9. The van der Waals surface area contributed by atoms with Gasteiger partial charge in [-0.3, -0.25) is 9.59 Å². The highest BCUT2D eigenvalue weighted by atomic mass is 16.5. The Morgan fingerprint density at radius 2 is 1.52 bits per heavy atom. The molecule has 2 aromatic carbocycles. The van der Waals surface area contributed by atoms with E-state index in [1.165, 1.54) is 12.8 Å². The van der Waals surface area contributed by atoms with Crippen molar-refractivity contribution in [3.8, 4) is 5.75 Å². The van der Waals surface area contributed by atoms with Crippen LogP contribution < -0.4 is 15.4 Å². The maximum atomic E-state index is 14.5. The fourth-order valence-corrected chi connectivity index (χ4v) is 12.9. The number of amides is 2. The standard InChI is InChI=1S/C46H64N2O4/c1-30-19-24-46(41(51)48-28-27-47-40(50)33-13-15-34(16-14-33)52-29-32-11-9-8-10-12-32)26-25-44(6)35(39(46)31(30)2)17-18-37-43(5)22-21-38(49)42(3,4)36(43)20-23-45(37,44)7/h8-17,30-31,36-39,49H,18-29H2,1-7H3,(H,47,50)(H,48,51)/t30-,31+,36+,37-,38+,39+,43+,44-,45-,46+/m1/s1. The molecule has 4 fully saturated rings. The summed E-state index contributed by atoms with van der Waals surface area (Å²) in [6.07, 6.45) is 11.9. The molecule has 0 bridgehead atoms. The van der Waals surface area contributed by atoms with Gasteiger partial charge in [0, 0.05) is 18.7 Å². The van der Waals surface area contributed by atoms with Gasteiger partial charge in [0.1, 0.15) is 12.4 Å². The van der Waals surface area contributed by atoms with Crippen LogP contribution in [0.25, 0.3) is 0 Å². The van der Waals surface area contributed by atoms with Gasteiger partial charge in [0.25, 0.3) is 5.91 Å². The number of carbonyl (C=O) groups excluding carboxylic acids is 2. The van der Waals surface area contributed by atoms with Crippen LogP contribution in [0.4, 0.5) is 0 Å². The van der Waals surface area contributed by atoms with E-state index in [2.05, 4.69) is 65.2 Å². The van der Waals surface area contributed by atoms with E-state index >= 15 is 0 Å². The number of nitrogens with one attached hydrogen (secondary N) is 2. The molecule has 0 heterocycles. The molecule has 4 saturated carbocycles. The molecule has 10 atom stereocenters. The van der Waals surface area contributed by atoms with Crippen LogP contribution in [0.15, 0.2) is 66.2 Å². The van der Waals surface area contributed by atoms with Crippen LogP contribution in [0.2, 0.25) is 0 Å². The molecule has 0 unspecified atom stereocenters. The second kappa shape index (κ2) is 13.6. The van der Waals surface area contributed by atoms with Gasteiger partial charge in [-0.1, -0.05) is 90.4 Å². The van der Waals surface area contributed by atoms with Gasteiger partial charge in [0.2, 0.25) is 5.91 Å². The molecule has 0 aromatic heterocycles. The summed E-state index contributed by atoms with van der Waals surface area (Å²) in [6.45, 7) is 18.5. The first kappa shape index (κ1) is 37.2. The van der Waals surface area contributed by atoms with Crippen LogP contribution >= 0.6 is 0 Å². The van der Waals surface area contributed by atoms with E-state index in [1.54, 1.807) is 17.7 Å². The molecule has 0 radical (unpaired) electrons. The third-order valence-corrected chi connectivity index (χ3v) is 16.5. The van der Waals surface area contributed by atoms with E-state index in [1.807, 2.05) is 42.5 Å². The molecule has 5 aliphatic rings. The van der Waals surface area contributed by atoms with Gasteiger partial charge in [0.05, 0.1) is 11.5 Å². The van der Waals surface area contributed by atoms with E-state index in [-0.39, 0.29) is 45.5 Å². The highest BCUT2D eigenvalue weighted by Crippen LogP contribution is 2.75. The number of aliphatic hydroxyl groups excluding tert-OH is 1. The fourth-order valence-electron chi connectivity index (χ4n) is 12.9. The van der Waals surface area contributed by atoms with Crippen LogP contribution in [0.5, 0.6) is 5.75 Å². The van der Waals surface area contributed by atoms with Crippen molar-refractivity contribution in [3.63, 3.8) is 0 Å². The summed E-state index contributed by atoms with van der Waals surface area (Å²) < 4.78 is 5.88. The topological polar surface area (TPSA) is 87.7 Å². The summed E-state index contributed by atoms with van der Waals surface area (Å²) in [7, 11) is 0. The minimum absolute atomic E-state index is 0.0555. The number of fused-ring (bicyclic) bond motifs is 7. The number of benzene rings is 2. The van der Waals surface area contributed by atoms with Gasteiger partial charge >= 0.3 is 0 Å². The average Bonchev–Trinajstić information content (AvgIpc) is 3.13. The number of allylic oxidation sites excluding steroid dienone is 2. The Hall–Kier alpha value is -3.12. The summed E-state index contributed by atoms with van der Waals surface area (Å²) in [5.41, 5.74) is 3.21. The molecule has 3 N–H and O–H groups in total. The first-order chi connectivity index (χ1) is 24.7. The van der Waals surface area contributed by atoms with Gasteiger partial charge in [-0.2, -0.15) is 0 Å². The lowest BCUT2D eigenvalue weighted by atomic mass is 9.33. The minimum atomic E-state index is -0.405. The monoisotopic (exact) mass is 708 g/mol. The third-order valence-electron chi connectivity index (χ3n) is 16.5. The predicted molar refractivity (Wildman–Crippen MR) is 208 cm³/mol. The number of carbonyl (C=O) groups is 2. The average molecular weight is 709 g/mol. The lowest BCUT2D eigenvalue weighted by Crippen LogP contribution is -2.66. The molecule has 6 heteroatoms. The zero-order valence-electron chi connectivity index (χ0n) is 32.9. The van der Waals surface area contributed by atoms with Crippen LogP contribution in [0.1, 0.15) is 122 Å². The smallest absolute Gasteiger partial charge is 0.251 e. The second-order valence-corrected chi connectivity index (χ2v) is 19.0. The summed E-state index contributed by atoms with van der Waals surface area (Å²) in [6, 6.07) is 17.3. The molecule has 0 saturated heterocycles. The predicted octanol–water partition coefficient (Wildman–Crippen LogP) is 9.13. The second-order valence-electron chi connectivity index (χ2n) is 19.0. The third kappa shape index (κ3) is 5.85. The molecule has 7 rings (SSSR count). The van der Waals surface area contributed by atoms with Gasteiger partial charge in [-0.25, -0.2) is 0 Å². The molecular formula is C46H64N2O4. The van der Waals surface area contributed by atoms with Gasteiger partial charge in [-0.15, -0.1) is 0 Å². The molecule has 282 valence electrons. The van der Waals surface area contributed by atoms with Crippen molar-refractivity contribution in [3.05, 3.63) is 77.4 Å². The van der Waals surface area contributed by atoms with Crippen molar-refractivity contribution < 1.29 is 19.4 Å². The maximum Gasteiger partial charge on any atom is 0.251 e. The largest absolute Gasteiger partial charge is 0.489 e. The van der Waals surface area contributed by atoms with Crippen molar-refractivity contribution in [2.45, 2.75) is 119 Å². The maximum absolute atomic E-state index is 14.5. The Bertz CT molecular complexity index is 1670. The van der Waals surface area contributed by atoms with Crippen LogP contribution in [-0.2, 0) is 11.4 Å². The van der Waals surface area contributed by atoms with Crippen molar-refractivity contribution >= 4 is 11.8 Å². The molecule has 5 aliphatic carbocycles. The molecule has 52 heavy (non-hydrogen) atoms. The van der Waals surface area contributed by atoms with E-state index in [9.17, 15) is 14.7 Å². The quantitative estimate of drug-likeness (QED) is 0.189. The number of ether oxygens (including phenoxy) is 1. The number of hydrogen-bond acceptors (Lipinski definition) is 4. The molecule has 6 nitrogen and oxygen atoms in total. The summed E-state index contributed by atoms with van der Waals surface area (Å²) in [5.74, 6) is 3.10. The van der Waals surface area contributed by atoms with E-state index in [0.717, 1.165) is 56.3 Å². The Morgan fingerprint density at radius 1 is 0.808 bits per heavy atom. The molecule has 2 amide bonds. The van der Waals surface area contributed by atoms with Gasteiger partial charge in [0.15, 0.2) is 0 Å². The SMILES string of the molecule is C[C@H]1[C@H](C)CC[C@]2(C(=O)NCCNC(=O)c3ccc(OCc4ccccc4)cc3)CC[C@]3(C)C(=CC[C@@H]4[C@@]5(C)CC[C@H](O)C(C)(C)[C@@H]5CC[C@]43C)[C@H]12. The first-order valence-electron chi connectivity index (χ1n) is 20.4. The normalized spacial score (nSPS) is 39.0. The van der Waals surface area contributed by atoms with Crippen molar-refractivity contribution in [2.24, 2.45) is 56.7 Å². The Balaban J connectivity index is 1.03. The van der Waals surface area contributed by atoms with Crippen molar-refractivity contribution in [2.75, 3.05) is 13.1 Å². The number of hydrogen-bond donors (Lipinski definition) is 3. The Labute approximate surface area is 313 Å². The molecular weight excluding hydrogens is 645 g/mol. The van der Waals surface area contributed by atoms with E-state index in [0.29, 0.717) is 48.9 Å². The summed E-state index contributed by atoms with van der Waals surface area (Å²) >= 11 is 0. The zero-order chi connectivity index (χ0) is 37.1. The molecule has 2 aromatic rings. The van der Waals surface area contributed by atoms with E-state index in [4.69, 9.17) is 4.74 Å². The lowest BCUT2D eigenvalue weighted by molar-refractivity contribution is -0.204. The van der Waals surface area contributed by atoms with Crippen LogP contribution in [0.3, 0.4) is 0 Å². The highest BCUT2D eigenvalue weighted by Gasteiger charge is 2.69. The molecule has 0 spiro atoms. The Kier molecular flexibility index (Phi) is 9.75. The first-order valence-corrected chi connectivity index (χ1v) is 20.4. The van der Waals surface area contributed by atoms with Crippen molar-refractivity contribution in [1.82, 2.24) is 10.6 Å². The fraction of sp³-hybridized carbons (Fsp3) is 0.652. The molecule has 0 aliphatic heterocycles. The van der Waals surface area contributed by atoms with Gasteiger partial charge in [-0.05, 0) is 139 Å². The Morgan fingerprint density at radius 3 is 2.25 bits per heavy atom.